The molecule has 1 fully saturated rings. The van der Waals surface area contributed by atoms with E-state index in [1.54, 1.807) is 6.08 Å². The third-order valence-electron chi connectivity index (χ3n) is 2.79. The van der Waals surface area contributed by atoms with E-state index in [4.69, 9.17) is 12.2 Å². The van der Waals surface area contributed by atoms with E-state index < -0.39 is 5.91 Å². The van der Waals surface area contributed by atoms with Crippen LogP contribution in [0.4, 0.5) is 0 Å². The summed E-state index contributed by atoms with van der Waals surface area (Å²) in [6.45, 7) is 1.92. The van der Waals surface area contributed by atoms with Crippen molar-refractivity contribution in [3.63, 3.8) is 0 Å². The van der Waals surface area contributed by atoms with Gasteiger partial charge in [-0.05, 0) is 36.3 Å². The number of likely N-dealkylation sites (N-methyl/N-ethyl adjacent to an activating group) is 1. The number of carbonyl (C=O) groups is 2. The molecule has 1 saturated heterocycles. The van der Waals surface area contributed by atoms with Crippen LogP contribution < -0.4 is 5.32 Å². The quantitative estimate of drug-likeness (QED) is 0.470. The molecule has 2 rings (SSSR count). The summed E-state index contributed by atoms with van der Waals surface area (Å²) in [5.41, 5.74) is 1.94. The molecule has 4 nitrogen and oxygen atoms in total. The molecule has 0 atom stereocenters. The van der Waals surface area contributed by atoms with Gasteiger partial charge in [0.15, 0.2) is 5.11 Å². The molecule has 1 aliphatic rings. The minimum Gasteiger partial charge on any atom is -0.298 e. The molecule has 0 unspecified atom stereocenters. The van der Waals surface area contributed by atoms with E-state index in [0.29, 0.717) is 0 Å². The van der Waals surface area contributed by atoms with Crippen molar-refractivity contribution in [3.8, 4) is 0 Å². The molecule has 0 bridgehead atoms. The van der Waals surface area contributed by atoms with Gasteiger partial charge in [0.1, 0.15) is 5.57 Å². The maximum absolute atomic E-state index is 12.0. The first-order valence-electron chi connectivity index (χ1n) is 5.41. The fourth-order valence-corrected chi connectivity index (χ4v) is 1.83. The second kappa shape index (κ2) is 4.70. The van der Waals surface area contributed by atoms with E-state index in [1.807, 2.05) is 31.2 Å². The van der Waals surface area contributed by atoms with Crippen LogP contribution in [0, 0.1) is 6.92 Å². The predicted octanol–water partition coefficient (Wildman–Crippen LogP) is 1.25. The van der Waals surface area contributed by atoms with Crippen molar-refractivity contribution in [2.24, 2.45) is 0 Å². The first-order valence-corrected chi connectivity index (χ1v) is 5.82. The molecule has 18 heavy (non-hydrogen) atoms. The molecule has 0 aliphatic carbocycles. The third-order valence-corrected chi connectivity index (χ3v) is 3.17. The monoisotopic (exact) mass is 260 g/mol. The van der Waals surface area contributed by atoms with Crippen molar-refractivity contribution in [1.82, 2.24) is 10.2 Å². The Morgan fingerprint density at radius 1 is 1.28 bits per heavy atom. The second-order valence-corrected chi connectivity index (χ2v) is 4.42. The van der Waals surface area contributed by atoms with Crippen LogP contribution in [-0.2, 0) is 9.59 Å². The molecule has 0 spiro atoms. The Hall–Kier alpha value is -2.01. The summed E-state index contributed by atoms with van der Waals surface area (Å²) in [6, 6.07) is 7.54. The molecule has 0 radical (unpaired) electrons. The van der Waals surface area contributed by atoms with Crippen molar-refractivity contribution in [3.05, 3.63) is 41.0 Å². The number of thiocarbonyl (C=S) groups is 1. The van der Waals surface area contributed by atoms with Crippen molar-refractivity contribution >= 4 is 35.2 Å². The van der Waals surface area contributed by atoms with Gasteiger partial charge < -0.3 is 0 Å². The molecule has 92 valence electrons. The van der Waals surface area contributed by atoms with Crippen LogP contribution in [0.25, 0.3) is 6.08 Å². The Bertz CT molecular complexity index is 578. The first kappa shape index (κ1) is 12.4. The average molecular weight is 260 g/mol. The van der Waals surface area contributed by atoms with Gasteiger partial charge in [-0.15, -0.1) is 0 Å². The Balaban J connectivity index is 2.44. The van der Waals surface area contributed by atoms with Gasteiger partial charge in [0.2, 0.25) is 0 Å². The average Bonchev–Trinajstić information content (AvgIpc) is 2.34. The summed E-state index contributed by atoms with van der Waals surface area (Å²) < 4.78 is 0. The van der Waals surface area contributed by atoms with E-state index in [9.17, 15) is 9.59 Å². The van der Waals surface area contributed by atoms with Gasteiger partial charge in [0, 0.05) is 7.05 Å². The van der Waals surface area contributed by atoms with Crippen molar-refractivity contribution in [1.29, 1.82) is 0 Å². The van der Waals surface area contributed by atoms with Gasteiger partial charge in [-0.2, -0.15) is 0 Å². The van der Waals surface area contributed by atoms with Crippen LogP contribution in [0.15, 0.2) is 29.8 Å². The maximum Gasteiger partial charge on any atom is 0.265 e. The summed E-state index contributed by atoms with van der Waals surface area (Å²) >= 11 is 4.87. The van der Waals surface area contributed by atoms with Gasteiger partial charge in [-0.3, -0.25) is 19.8 Å². The predicted molar refractivity (Wildman–Crippen MR) is 72.7 cm³/mol. The van der Waals surface area contributed by atoms with Crippen molar-refractivity contribution in [2.45, 2.75) is 6.92 Å². The summed E-state index contributed by atoms with van der Waals surface area (Å²) in [5.74, 6) is -0.835. The largest absolute Gasteiger partial charge is 0.298 e. The summed E-state index contributed by atoms with van der Waals surface area (Å²) in [4.78, 5) is 25.0. The first-order chi connectivity index (χ1) is 8.50. The molecule has 1 aliphatic heterocycles. The Morgan fingerprint density at radius 3 is 2.61 bits per heavy atom. The van der Waals surface area contributed by atoms with Crippen LogP contribution in [-0.4, -0.2) is 28.9 Å². The van der Waals surface area contributed by atoms with Gasteiger partial charge in [0.25, 0.3) is 11.8 Å². The molecule has 5 heteroatoms. The number of benzene rings is 1. The standard InChI is InChI=1S/C13H12N2O2S/c1-8-5-3-4-6-9(8)7-10-11(16)14-13(18)15(2)12(10)17/h3-7H,1-2H3,(H,14,16,18)/b10-7+. The normalized spacial score (nSPS) is 18.2. The second-order valence-electron chi connectivity index (χ2n) is 4.04. The number of hydrogen-bond acceptors (Lipinski definition) is 3. The van der Waals surface area contributed by atoms with E-state index >= 15 is 0 Å². The fourth-order valence-electron chi connectivity index (χ4n) is 1.65. The lowest BCUT2D eigenvalue weighted by Gasteiger charge is -2.25. The lowest BCUT2D eigenvalue weighted by Crippen LogP contribution is -2.52. The highest BCUT2D eigenvalue weighted by atomic mass is 32.1. The topological polar surface area (TPSA) is 49.4 Å². The zero-order valence-electron chi connectivity index (χ0n) is 10.1. The van der Waals surface area contributed by atoms with Crippen molar-refractivity contribution in [2.75, 3.05) is 7.05 Å². The molecule has 0 saturated carbocycles. The van der Waals surface area contributed by atoms with Crippen LogP contribution in [0.3, 0.4) is 0 Å². The summed E-state index contributed by atoms with van der Waals surface area (Å²) in [6.07, 6.45) is 1.59. The van der Waals surface area contributed by atoms with E-state index in [2.05, 4.69) is 5.32 Å². The number of amides is 2. The highest BCUT2D eigenvalue weighted by Gasteiger charge is 2.30. The molecular formula is C13H12N2O2S. The van der Waals surface area contributed by atoms with Crippen LogP contribution in [0.1, 0.15) is 11.1 Å². The van der Waals surface area contributed by atoms with Gasteiger partial charge in [-0.1, -0.05) is 24.3 Å². The molecule has 0 aromatic heterocycles. The van der Waals surface area contributed by atoms with E-state index in [0.717, 1.165) is 11.1 Å². The number of hydrogen-bond donors (Lipinski definition) is 1. The Kier molecular flexibility index (Phi) is 3.25. The summed E-state index contributed by atoms with van der Waals surface area (Å²) in [7, 11) is 1.54. The number of rotatable bonds is 1. The molecular weight excluding hydrogens is 248 g/mol. The molecule has 2 amide bonds. The lowest BCUT2D eigenvalue weighted by molar-refractivity contribution is -0.128. The van der Waals surface area contributed by atoms with Gasteiger partial charge in [0.05, 0.1) is 0 Å². The van der Waals surface area contributed by atoms with E-state index in [1.165, 1.54) is 11.9 Å². The minimum absolute atomic E-state index is 0.0976. The smallest absolute Gasteiger partial charge is 0.265 e. The van der Waals surface area contributed by atoms with Gasteiger partial charge in [-0.25, -0.2) is 0 Å². The number of nitrogens with one attached hydrogen (secondary N) is 1. The fraction of sp³-hybridized carbons (Fsp3) is 0.154. The van der Waals surface area contributed by atoms with Crippen LogP contribution >= 0.6 is 12.2 Å². The molecule has 1 N–H and O–H groups in total. The zero-order valence-corrected chi connectivity index (χ0v) is 10.9. The van der Waals surface area contributed by atoms with Gasteiger partial charge >= 0.3 is 0 Å². The highest BCUT2D eigenvalue weighted by Crippen LogP contribution is 2.15. The Morgan fingerprint density at radius 2 is 1.94 bits per heavy atom. The van der Waals surface area contributed by atoms with Crippen LogP contribution in [0.5, 0.6) is 0 Å². The van der Waals surface area contributed by atoms with E-state index in [-0.39, 0.29) is 16.6 Å². The molecule has 1 aromatic carbocycles. The highest BCUT2D eigenvalue weighted by molar-refractivity contribution is 7.80. The number of nitrogens with zero attached hydrogens (tertiary/aromatic N) is 1. The van der Waals surface area contributed by atoms with Crippen molar-refractivity contribution < 1.29 is 9.59 Å². The number of aryl methyl sites for hydroxylation is 1. The minimum atomic E-state index is -0.452. The molecule has 1 aromatic rings. The third kappa shape index (κ3) is 2.17. The van der Waals surface area contributed by atoms with Crippen LogP contribution in [0.2, 0.25) is 0 Å². The number of carbonyl (C=O) groups excluding carboxylic acids is 2. The maximum atomic E-state index is 12.0. The lowest BCUT2D eigenvalue weighted by atomic mass is 10.0. The zero-order chi connectivity index (χ0) is 13.3. The summed E-state index contributed by atoms with van der Waals surface area (Å²) in [5, 5.41) is 2.61. The Labute approximate surface area is 110 Å². The SMILES string of the molecule is Cc1ccccc1/C=C1\C(=O)NC(=S)N(C)C1=O. The molecule has 1 heterocycles.